The highest BCUT2D eigenvalue weighted by atomic mass is 32.2. The summed E-state index contributed by atoms with van der Waals surface area (Å²) in [6, 6.07) is 7.63. The Balaban J connectivity index is 1.92. The molecular weight excluding hydrogens is 340 g/mol. The summed E-state index contributed by atoms with van der Waals surface area (Å²) in [7, 11) is 3.38. The lowest BCUT2D eigenvalue weighted by Crippen LogP contribution is -2.28. The Morgan fingerprint density at radius 3 is 2.96 bits per heavy atom. The van der Waals surface area contributed by atoms with E-state index in [0.717, 1.165) is 24.2 Å². The number of nitrogens with zero attached hydrogens (tertiary/aromatic N) is 3. The average molecular weight is 364 g/mol. The van der Waals surface area contributed by atoms with E-state index >= 15 is 0 Å². The van der Waals surface area contributed by atoms with Crippen LogP contribution in [0.2, 0.25) is 0 Å². The van der Waals surface area contributed by atoms with E-state index < -0.39 is 0 Å². The Morgan fingerprint density at radius 2 is 2.24 bits per heavy atom. The molecular formula is C17H24N4O3S. The Labute approximate surface area is 151 Å². The van der Waals surface area contributed by atoms with Crippen molar-refractivity contribution in [1.29, 1.82) is 0 Å². The number of hydrogen-bond acceptors (Lipinski definition) is 5. The second kappa shape index (κ2) is 9.31. The zero-order valence-electron chi connectivity index (χ0n) is 14.8. The van der Waals surface area contributed by atoms with E-state index in [1.807, 2.05) is 24.3 Å². The standard InChI is InChI=1S/C17H24N4O3S/c1-4-5-9-21-16(23)18-19-17(21)25-12-15(22)20(2)11-13-7-6-8-14(10-13)24-3/h6-8,10H,4-5,9,11-12H2,1-3H3,(H,18,23). The van der Waals surface area contributed by atoms with Crippen molar-refractivity contribution in [3.05, 3.63) is 40.3 Å². The number of carbonyl (C=O) groups is 1. The van der Waals surface area contributed by atoms with E-state index in [1.54, 1.807) is 23.6 Å². The Kier molecular flexibility index (Phi) is 7.12. The van der Waals surface area contributed by atoms with Crippen molar-refractivity contribution in [3.63, 3.8) is 0 Å². The molecule has 0 aliphatic rings. The minimum atomic E-state index is -0.229. The predicted octanol–water partition coefficient (Wildman–Crippen LogP) is 2.13. The molecule has 1 aromatic heterocycles. The summed E-state index contributed by atoms with van der Waals surface area (Å²) in [5, 5.41) is 7.01. The van der Waals surface area contributed by atoms with Gasteiger partial charge in [0.25, 0.3) is 0 Å². The van der Waals surface area contributed by atoms with Gasteiger partial charge < -0.3 is 9.64 Å². The van der Waals surface area contributed by atoms with Crippen LogP contribution in [0.1, 0.15) is 25.3 Å². The molecule has 7 nitrogen and oxygen atoms in total. The van der Waals surface area contributed by atoms with E-state index in [2.05, 4.69) is 17.1 Å². The smallest absolute Gasteiger partial charge is 0.343 e. The van der Waals surface area contributed by atoms with Crippen LogP contribution in [-0.4, -0.2) is 45.5 Å². The van der Waals surface area contributed by atoms with Crippen LogP contribution in [0.25, 0.3) is 0 Å². The fourth-order valence-electron chi connectivity index (χ4n) is 2.30. The molecule has 0 saturated heterocycles. The van der Waals surface area contributed by atoms with Crippen LogP contribution in [0.15, 0.2) is 34.2 Å². The number of hydrogen-bond donors (Lipinski definition) is 1. The van der Waals surface area contributed by atoms with Crippen molar-refractivity contribution >= 4 is 17.7 Å². The van der Waals surface area contributed by atoms with Gasteiger partial charge in [-0.15, -0.1) is 5.10 Å². The van der Waals surface area contributed by atoms with Gasteiger partial charge in [-0.3, -0.25) is 9.36 Å². The maximum Gasteiger partial charge on any atom is 0.343 e. The molecule has 0 atom stereocenters. The molecule has 8 heteroatoms. The number of benzene rings is 1. The molecule has 0 aliphatic heterocycles. The maximum absolute atomic E-state index is 12.4. The number of aromatic amines is 1. The lowest BCUT2D eigenvalue weighted by molar-refractivity contribution is -0.127. The van der Waals surface area contributed by atoms with Gasteiger partial charge in [0, 0.05) is 20.1 Å². The molecule has 2 aromatic rings. The van der Waals surface area contributed by atoms with E-state index in [1.165, 1.54) is 11.8 Å². The highest BCUT2D eigenvalue weighted by Gasteiger charge is 2.14. The molecule has 1 amide bonds. The lowest BCUT2D eigenvalue weighted by atomic mass is 10.2. The van der Waals surface area contributed by atoms with Gasteiger partial charge in [0.05, 0.1) is 12.9 Å². The highest BCUT2D eigenvalue weighted by Crippen LogP contribution is 2.17. The van der Waals surface area contributed by atoms with Gasteiger partial charge in [0.15, 0.2) is 5.16 Å². The van der Waals surface area contributed by atoms with Crippen LogP contribution in [-0.2, 0) is 17.9 Å². The first-order valence-corrected chi connectivity index (χ1v) is 9.18. The molecule has 0 spiro atoms. The molecule has 0 saturated carbocycles. The number of H-pyrrole nitrogens is 1. The van der Waals surface area contributed by atoms with Gasteiger partial charge in [-0.05, 0) is 24.1 Å². The second-order valence-electron chi connectivity index (χ2n) is 5.71. The molecule has 0 radical (unpaired) electrons. The van der Waals surface area contributed by atoms with Gasteiger partial charge in [0.2, 0.25) is 5.91 Å². The zero-order valence-corrected chi connectivity index (χ0v) is 15.6. The van der Waals surface area contributed by atoms with Crippen LogP contribution >= 0.6 is 11.8 Å². The van der Waals surface area contributed by atoms with Crippen LogP contribution in [0.4, 0.5) is 0 Å². The lowest BCUT2D eigenvalue weighted by Gasteiger charge is -2.17. The number of thioether (sulfide) groups is 1. The maximum atomic E-state index is 12.4. The van der Waals surface area contributed by atoms with Gasteiger partial charge >= 0.3 is 5.69 Å². The van der Waals surface area contributed by atoms with Gasteiger partial charge in [-0.1, -0.05) is 37.2 Å². The van der Waals surface area contributed by atoms with Gasteiger partial charge in [-0.2, -0.15) is 0 Å². The average Bonchev–Trinajstić information content (AvgIpc) is 2.97. The number of aromatic nitrogens is 3. The number of unbranched alkanes of at least 4 members (excludes halogenated alkanes) is 1. The van der Waals surface area contributed by atoms with E-state index in [0.29, 0.717) is 18.2 Å². The minimum Gasteiger partial charge on any atom is -0.497 e. The number of methoxy groups -OCH3 is 1. The zero-order chi connectivity index (χ0) is 18.2. The monoisotopic (exact) mass is 364 g/mol. The minimum absolute atomic E-state index is 0.0229. The topological polar surface area (TPSA) is 80.2 Å². The third-order valence-electron chi connectivity index (χ3n) is 3.76. The van der Waals surface area contributed by atoms with E-state index in [-0.39, 0.29) is 17.3 Å². The molecule has 0 aliphatic carbocycles. The molecule has 1 heterocycles. The first-order chi connectivity index (χ1) is 12.0. The molecule has 1 aromatic carbocycles. The summed E-state index contributed by atoms with van der Waals surface area (Å²) in [6.07, 6.45) is 1.89. The number of rotatable bonds is 9. The van der Waals surface area contributed by atoms with Crippen molar-refractivity contribution in [2.24, 2.45) is 0 Å². The number of ether oxygens (including phenoxy) is 1. The predicted molar refractivity (Wildman–Crippen MR) is 97.9 cm³/mol. The third kappa shape index (κ3) is 5.38. The van der Waals surface area contributed by atoms with Crippen LogP contribution in [0.3, 0.4) is 0 Å². The van der Waals surface area contributed by atoms with Crippen molar-refractivity contribution < 1.29 is 9.53 Å². The Bertz CT molecular complexity index is 756. The van der Waals surface area contributed by atoms with Crippen LogP contribution in [0.5, 0.6) is 5.75 Å². The number of amides is 1. The molecule has 2 rings (SSSR count). The summed E-state index contributed by atoms with van der Waals surface area (Å²) in [5.74, 6) is 0.978. The summed E-state index contributed by atoms with van der Waals surface area (Å²) in [4.78, 5) is 25.8. The van der Waals surface area contributed by atoms with Crippen molar-refractivity contribution in [2.75, 3.05) is 19.9 Å². The largest absolute Gasteiger partial charge is 0.497 e. The quantitative estimate of drug-likeness (QED) is 0.690. The van der Waals surface area contributed by atoms with Gasteiger partial charge in [0.1, 0.15) is 5.75 Å². The summed E-state index contributed by atoms with van der Waals surface area (Å²) >= 11 is 1.28. The fourth-order valence-corrected chi connectivity index (χ4v) is 3.21. The molecule has 0 fully saturated rings. The summed E-state index contributed by atoms with van der Waals surface area (Å²) in [5.41, 5.74) is 0.771. The molecule has 136 valence electrons. The van der Waals surface area contributed by atoms with Crippen molar-refractivity contribution in [3.8, 4) is 5.75 Å². The number of nitrogens with one attached hydrogen (secondary N) is 1. The first kappa shape index (κ1) is 19.1. The summed E-state index contributed by atoms with van der Waals surface area (Å²) in [6.45, 7) is 3.18. The van der Waals surface area contributed by atoms with E-state index in [9.17, 15) is 9.59 Å². The molecule has 25 heavy (non-hydrogen) atoms. The van der Waals surface area contributed by atoms with Gasteiger partial charge in [-0.25, -0.2) is 9.89 Å². The highest BCUT2D eigenvalue weighted by molar-refractivity contribution is 7.99. The van der Waals surface area contributed by atoms with Crippen LogP contribution in [0, 0.1) is 0 Å². The Morgan fingerprint density at radius 1 is 1.44 bits per heavy atom. The fraction of sp³-hybridized carbons (Fsp3) is 0.471. The third-order valence-corrected chi connectivity index (χ3v) is 4.72. The SMILES string of the molecule is CCCCn1c(SCC(=O)N(C)Cc2cccc(OC)c2)n[nH]c1=O. The molecule has 0 unspecified atom stereocenters. The Hall–Kier alpha value is -2.22. The van der Waals surface area contributed by atoms with Crippen molar-refractivity contribution in [2.45, 2.75) is 38.0 Å². The number of carbonyl (C=O) groups excluding carboxylic acids is 1. The van der Waals surface area contributed by atoms with Crippen molar-refractivity contribution in [1.82, 2.24) is 19.7 Å². The first-order valence-electron chi connectivity index (χ1n) is 8.20. The van der Waals surface area contributed by atoms with E-state index in [4.69, 9.17) is 4.74 Å². The normalized spacial score (nSPS) is 10.7. The second-order valence-corrected chi connectivity index (χ2v) is 6.65. The molecule has 0 bridgehead atoms. The molecule has 1 N–H and O–H groups in total. The summed E-state index contributed by atoms with van der Waals surface area (Å²) < 4.78 is 6.79. The van der Waals surface area contributed by atoms with Crippen LogP contribution < -0.4 is 10.4 Å².